The minimum absolute atomic E-state index is 0.209. The zero-order chi connectivity index (χ0) is 20.4. The smallest absolute Gasteiger partial charge is 0.246 e. The molecule has 0 atom stereocenters. The van der Waals surface area contributed by atoms with Gasteiger partial charge in [0.25, 0.3) is 0 Å². The lowest BCUT2D eigenvalue weighted by atomic mass is 9.78. The SMILES string of the molecule is CCN1CC2(CCN(C(=O)CCC(C)C)CC2)COc2ccccc2S1(=O)=O. The average Bonchev–Trinajstić information content (AvgIpc) is 2.68. The van der Waals surface area contributed by atoms with Crippen LogP contribution in [0, 0.1) is 11.3 Å². The Labute approximate surface area is 168 Å². The normalized spacial score (nSPS) is 21.6. The Morgan fingerprint density at radius 1 is 1.21 bits per heavy atom. The molecule has 6 nitrogen and oxygen atoms in total. The summed E-state index contributed by atoms with van der Waals surface area (Å²) in [4.78, 5) is 14.7. The molecule has 156 valence electrons. The molecule has 0 aliphatic carbocycles. The number of carbonyl (C=O) groups excluding carboxylic acids is 1. The van der Waals surface area contributed by atoms with E-state index in [0.29, 0.717) is 50.9 Å². The number of benzene rings is 1. The van der Waals surface area contributed by atoms with Crippen molar-refractivity contribution < 1.29 is 17.9 Å². The van der Waals surface area contributed by atoms with Crippen molar-refractivity contribution in [3.8, 4) is 5.75 Å². The van der Waals surface area contributed by atoms with Crippen LogP contribution < -0.4 is 4.74 Å². The topological polar surface area (TPSA) is 66.9 Å². The van der Waals surface area contributed by atoms with Gasteiger partial charge in [-0.15, -0.1) is 0 Å². The Bertz CT molecular complexity index is 798. The number of para-hydroxylation sites is 1. The van der Waals surface area contributed by atoms with Crippen LogP contribution in [0.1, 0.15) is 46.5 Å². The number of nitrogens with zero attached hydrogens (tertiary/aromatic N) is 2. The lowest BCUT2D eigenvalue weighted by Gasteiger charge is -2.44. The van der Waals surface area contributed by atoms with E-state index in [0.717, 1.165) is 19.3 Å². The molecule has 1 saturated heterocycles. The predicted octanol–water partition coefficient (Wildman–Crippen LogP) is 3.13. The molecule has 1 spiro atoms. The number of amides is 1. The third-order valence-electron chi connectivity index (χ3n) is 5.98. The molecule has 1 aromatic carbocycles. The molecule has 1 fully saturated rings. The first-order chi connectivity index (χ1) is 13.3. The first kappa shape index (κ1) is 21.1. The third kappa shape index (κ3) is 4.35. The van der Waals surface area contributed by atoms with Gasteiger partial charge in [0.15, 0.2) is 0 Å². The zero-order valence-corrected chi connectivity index (χ0v) is 18.0. The van der Waals surface area contributed by atoms with Crippen molar-refractivity contribution in [2.24, 2.45) is 11.3 Å². The predicted molar refractivity (Wildman–Crippen MR) is 109 cm³/mol. The molecule has 2 aliphatic rings. The number of carbonyl (C=O) groups is 1. The van der Waals surface area contributed by atoms with Gasteiger partial charge in [-0.2, -0.15) is 4.31 Å². The van der Waals surface area contributed by atoms with Gasteiger partial charge in [-0.1, -0.05) is 32.9 Å². The summed E-state index contributed by atoms with van der Waals surface area (Å²) in [5.41, 5.74) is -0.258. The fourth-order valence-corrected chi connectivity index (χ4v) is 5.74. The van der Waals surface area contributed by atoms with E-state index >= 15 is 0 Å². The molecule has 7 heteroatoms. The van der Waals surface area contributed by atoms with Crippen LogP contribution in [0.25, 0.3) is 0 Å². The Morgan fingerprint density at radius 2 is 1.89 bits per heavy atom. The van der Waals surface area contributed by atoms with Gasteiger partial charge in [0, 0.05) is 38.0 Å². The van der Waals surface area contributed by atoms with Crippen LogP contribution >= 0.6 is 0 Å². The van der Waals surface area contributed by atoms with Gasteiger partial charge < -0.3 is 9.64 Å². The fourth-order valence-electron chi connectivity index (χ4n) is 4.04. The standard InChI is InChI=1S/C21H32N2O4S/c1-4-23-15-21(11-13-22(14-12-21)20(24)10-9-17(2)3)16-27-18-7-5-6-8-19(18)28(23,25)26/h5-8,17H,4,9-16H2,1-3H3. The molecule has 0 N–H and O–H groups in total. The number of piperidine rings is 1. The van der Waals surface area contributed by atoms with Crippen molar-refractivity contribution in [3.05, 3.63) is 24.3 Å². The van der Waals surface area contributed by atoms with Gasteiger partial charge in [0.1, 0.15) is 10.6 Å². The molecular weight excluding hydrogens is 376 g/mol. The van der Waals surface area contributed by atoms with E-state index in [2.05, 4.69) is 13.8 Å². The Kier molecular flexibility index (Phi) is 6.34. The minimum Gasteiger partial charge on any atom is -0.492 e. The maximum Gasteiger partial charge on any atom is 0.246 e. The number of fused-ring (bicyclic) bond motifs is 1. The van der Waals surface area contributed by atoms with Gasteiger partial charge in [0.2, 0.25) is 15.9 Å². The van der Waals surface area contributed by atoms with E-state index in [1.807, 2.05) is 11.8 Å². The molecule has 2 heterocycles. The summed E-state index contributed by atoms with van der Waals surface area (Å²) in [6, 6.07) is 6.87. The highest BCUT2D eigenvalue weighted by atomic mass is 32.2. The van der Waals surface area contributed by atoms with Crippen molar-refractivity contribution >= 4 is 15.9 Å². The largest absolute Gasteiger partial charge is 0.492 e. The second-order valence-corrected chi connectivity index (χ2v) is 10.4. The van der Waals surface area contributed by atoms with E-state index < -0.39 is 10.0 Å². The number of sulfonamides is 1. The first-order valence-electron chi connectivity index (χ1n) is 10.3. The highest BCUT2D eigenvalue weighted by Gasteiger charge is 2.42. The van der Waals surface area contributed by atoms with E-state index in [-0.39, 0.29) is 16.2 Å². The van der Waals surface area contributed by atoms with E-state index in [4.69, 9.17) is 4.74 Å². The maximum absolute atomic E-state index is 13.1. The number of hydrogen-bond acceptors (Lipinski definition) is 4. The number of hydrogen-bond donors (Lipinski definition) is 0. The lowest BCUT2D eigenvalue weighted by Crippen LogP contribution is -2.52. The number of rotatable bonds is 4. The Balaban J connectivity index is 1.76. The molecule has 28 heavy (non-hydrogen) atoms. The monoisotopic (exact) mass is 408 g/mol. The highest BCUT2D eigenvalue weighted by Crippen LogP contribution is 2.39. The molecule has 0 radical (unpaired) electrons. The van der Waals surface area contributed by atoms with Crippen LogP contribution in [0.15, 0.2) is 29.2 Å². The van der Waals surface area contributed by atoms with Gasteiger partial charge >= 0.3 is 0 Å². The van der Waals surface area contributed by atoms with E-state index in [1.54, 1.807) is 28.6 Å². The molecule has 2 aliphatic heterocycles. The van der Waals surface area contributed by atoms with E-state index in [9.17, 15) is 13.2 Å². The number of ether oxygens (including phenoxy) is 1. The van der Waals surface area contributed by atoms with Crippen LogP contribution in [-0.4, -0.2) is 56.3 Å². The van der Waals surface area contributed by atoms with E-state index in [1.165, 1.54) is 0 Å². The second kappa shape index (κ2) is 8.41. The van der Waals surface area contributed by atoms with Crippen LogP contribution in [0.4, 0.5) is 0 Å². The molecular formula is C21H32N2O4S. The van der Waals surface area contributed by atoms with Gasteiger partial charge in [-0.05, 0) is 37.3 Å². The summed E-state index contributed by atoms with van der Waals surface area (Å²) in [6.07, 6.45) is 3.01. The third-order valence-corrected chi connectivity index (χ3v) is 7.94. The molecule has 0 bridgehead atoms. The van der Waals surface area contributed by atoms with Gasteiger partial charge in [-0.25, -0.2) is 8.42 Å². The minimum atomic E-state index is -3.59. The van der Waals surface area contributed by atoms with Gasteiger partial charge in [0.05, 0.1) is 6.61 Å². The molecule has 0 saturated carbocycles. The first-order valence-corrected chi connectivity index (χ1v) is 11.7. The van der Waals surface area contributed by atoms with Crippen molar-refractivity contribution in [1.82, 2.24) is 9.21 Å². The second-order valence-electron chi connectivity index (χ2n) is 8.48. The molecule has 0 aromatic heterocycles. The van der Waals surface area contributed by atoms with Crippen LogP contribution in [0.3, 0.4) is 0 Å². The van der Waals surface area contributed by atoms with Crippen LogP contribution in [0.5, 0.6) is 5.75 Å². The molecule has 0 unspecified atom stereocenters. The highest BCUT2D eigenvalue weighted by molar-refractivity contribution is 7.89. The summed E-state index contributed by atoms with van der Waals surface area (Å²) < 4.78 is 33.9. The summed E-state index contributed by atoms with van der Waals surface area (Å²) in [6.45, 7) is 8.80. The fraction of sp³-hybridized carbons (Fsp3) is 0.667. The van der Waals surface area contributed by atoms with Crippen LogP contribution in [-0.2, 0) is 14.8 Å². The Hall–Kier alpha value is -1.60. The summed E-state index contributed by atoms with van der Waals surface area (Å²) >= 11 is 0. The lowest BCUT2D eigenvalue weighted by molar-refractivity contribution is -0.134. The quantitative estimate of drug-likeness (QED) is 0.768. The Morgan fingerprint density at radius 3 is 2.54 bits per heavy atom. The van der Waals surface area contributed by atoms with Crippen molar-refractivity contribution in [2.45, 2.75) is 51.3 Å². The summed E-state index contributed by atoms with van der Waals surface area (Å²) in [5, 5.41) is 0. The zero-order valence-electron chi connectivity index (χ0n) is 17.2. The molecule has 3 rings (SSSR count). The summed E-state index contributed by atoms with van der Waals surface area (Å²) in [5.74, 6) is 1.15. The van der Waals surface area contributed by atoms with Crippen LogP contribution in [0.2, 0.25) is 0 Å². The average molecular weight is 409 g/mol. The molecule has 1 amide bonds. The summed E-state index contributed by atoms with van der Waals surface area (Å²) in [7, 11) is -3.59. The van der Waals surface area contributed by atoms with Crippen molar-refractivity contribution in [2.75, 3.05) is 32.8 Å². The number of likely N-dealkylation sites (tertiary alicyclic amines) is 1. The van der Waals surface area contributed by atoms with Gasteiger partial charge in [-0.3, -0.25) is 4.79 Å². The molecule has 1 aromatic rings. The van der Waals surface area contributed by atoms with Crippen molar-refractivity contribution in [1.29, 1.82) is 0 Å². The maximum atomic E-state index is 13.1. The van der Waals surface area contributed by atoms with Crippen molar-refractivity contribution in [3.63, 3.8) is 0 Å².